The number of hydrogen-bond acceptors (Lipinski definition) is 4. The first kappa shape index (κ1) is 13.2. The van der Waals surface area contributed by atoms with E-state index < -0.39 is 0 Å². The number of amides is 2. The first-order valence-electron chi connectivity index (χ1n) is 5.65. The van der Waals surface area contributed by atoms with Crippen molar-refractivity contribution in [1.29, 1.82) is 0 Å². The van der Waals surface area contributed by atoms with Gasteiger partial charge in [0, 0.05) is 12.1 Å². The van der Waals surface area contributed by atoms with E-state index in [9.17, 15) is 4.79 Å². The highest BCUT2D eigenvalue weighted by molar-refractivity contribution is 5.88. The first-order valence-corrected chi connectivity index (χ1v) is 5.65. The molecule has 0 unspecified atom stereocenters. The molecule has 0 aliphatic heterocycles. The molecular weight excluding hydrogens is 218 g/mol. The molecule has 0 saturated heterocycles. The minimum absolute atomic E-state index is 0.0878. The topological polar surface area (TPSA) is 78.9 Å². The molecule has 0 radical (unpaired) electrons. The van der Waals surface area contributed by atoms with E-state index in [0.29, 0.717) is 17.7 Å². The number of rotatable bonds is 4. The van der Waals surface area contributed by atoms with Crippen molar-refractivity contribution in [3.05, 3.63) is 12.1 Å². The Morgan fingerprint density at radius 1 is 1.06 bits per heavy atom. The summed E-state index contributed by atoms with van der Waals surface area (Å²) in [4.78, 5) is 11.4. The predicted molar refractivity (Wildman–Crippen MR) is 68.1 cm³/mol. The summed E-state index contributed by atoms with van der Waals surface area (Å²) < 4.78 is 0. The van der Waals surface area contributed by atoms with Gasteiger partial charge >= 0.3 is 6.03 Å². The number of carbonyl (C=O) groups is 1. The lowest BCUT2D eigenvalue weighted by Crippen LogP contribution is -2.34. The second-order valence-corrected chi connectivity index (χ2v) is 4.36. The monoisotopic (exact) mass is 237 g/mol. The van der Waals surface area contributed by atoms with E-state index in [1.807, 2.05) is 27.7 Å². The third kappa shape index (κ3) is 5.14. The molecule has 1 rings (SSSR count). The number of hydrogen-bond donors (Lipinski definition) is 3. The van der Waals surface area contributed by atoms with Gasteiger partial charge in [-0.25, -0.2) is 4.79 Å². The quantitative estimate of drug-likeness (QED) is 0.746. The average molecular weight is 237 g/mol. The van der Waals surface area contributed by atoms with E-state index in [2.05, 4.69) is 26.1 Å². The summed E-state index contributed by atoms with van der Waals surface area (Å²) in [5, 5.41) is 16.3. The van der Waals surface area contributed by atoms with Crippen LogP contribution in [0.3, 0.4) is 0 Å². The van der Waals surface area contributed by atoms with Gasteiger partial charge in [0.1, 0.15) is 5.82 Å². The zero-order valence-corrected chi connectivity index (χ0v) is 10.6. The number of carbonyl (C=O) groups excluding carboxylic acids is 1. The molecule has 1 heterocycles. The van der Waals surface area contributed by atoms with Crippen molar-refractivity contribution in [3.63, 3.8) is 0 Å². The van der Waals surface area contributed by atoms with Gasteiger partial charge in [0.05, 0.1) is 0 Å². The van der Waals surface area contributed by atoms with Gasteiger partial charge in [0.2, 0.25) is 0 Å². The lowest BCUT2D eigenvalue weighted by atomic mass is 10.4. The molecule has 6 heteroatoms. The minimum atomic E-state index is -0.279. The Kier molecular flexibility index (Phi) is 4.68. The Morgan fingerprint density at radius 2 is 1.65 bits per heavy atom. The molecule has 1 aromatic heterocycles. The zero-order chi connectivity index (χ0) is 12.8. The van der Waals surface area contributed by atoms with Crippen molar-refractivity contribution in [2.24, 2.45) is 0 Å². The lowest BCUT2D eigenvalue weighted by Gasteiger charge is -2.10. The van der Waals surface area contributed by atoms with Crippen LogP contribution < -0.4 is 16.0 Å². The van der Waals surface area contributed by atoms with E-state index >= 15 is 0 Å². The molecule has 0 bridgehead atoms. The van der Waals surface area contributed by atoms with Crippen LogP contribution in [-0.4, -0.2) is 28.3 Å². The molecule has 0 aliphatic rings. The summed E-state index contributed by atoms with van der Waals surface area (Å²) in [7, 11) is 0. The van der Waals surface area contributed by atoms with Gasteiger partial charge in [-0.15, -0.1) is 10.2 Å². The highest BCUT2D eigenvalue weighted by atomic mass is 16.2. The summed E-state index contributed by atoms with van der Waals surface area (Å²) >= 11 is 0. The largest absolute Gasteiger partial charge is 0.366 e. The summed E-state index contributed by atoms with van der Waals surface area (Å²) in [6.45, 7) is 7.82. The first-order chi connectivity index (χ1) is 7.97. The van der Waals surface area contributed by atoms with Gasteiger partial charge < -0.3 is 10.6 Å². The van der Waals surface area contributed by atoms with E-state index in [4.69, 9.17) is 0 Å². The Morgan fingerprint density at radius 3 is 2.12 bits per heavy atom. The molecule has 3 N–H and O–H groups in total. The summed E-state index contributed by atoms with van der Waals surface area (Å²) in [6, 6.07) is 3.59. The van der Waals surface area contributed by atoms with Crippen molar-refractivity contribution in [2.75, 3.05) is 10.6 Å². The van der Waals surface area contributed by atoms with E-state index in [-0.39, 0.29) is 12.1 Å². The van der Waals surface area contributed by atoms with Crippen molar-refractivity contribution >= 4 is 17.7 Å². The van der Waals surface area contributed by atoms with Crippen LogP contribution in [0.1, 0.15) is 27.7 Å². The van der Waals surface area contributed by atoms with Crippen LogP contribution in [0.15, 0.2) is 12.1 Å². The molecule has 0 aliphatic carbocycles. The van der Waals surface area contributed by atoms with Crippen LogP contribution in [-0.2, 0) is 0 Å². The van der Waals surface area contributed by atoms with Crippen LogP contribution in [0.5, 0.6) is 0 Å². The lowest BCUT2D eigenvalue weighted by molar-refractivity contribution is 0.250. The van der Waals surface area contributed by atoms with Crippen molar-refractivity contribution in [3.8, 4) is 0 Å². The highest BCUT2D eigenvalue weighted by Crippen LogP contribution is 2.06. The molecule has 0 aromatic carbocycles. The van der Waals surface area contributed by atoms with Gasteiger partial charge in [-0.3, -0.25) is 5.32 Å². The van der Waals surface area contributed by atoms with Crippen LogP contribution in [0, 0.1) is 0 Å². The molecule has 0 saturated carbocycles. The van der Waals surface area contributed by atoms with E-state index in [1.54, 1.807) is 12.1 Å². The van der Waals surface area contributed by atoms with Gasteiger partial charge in [0.25, 0.3) is 0 Å². The standard InChI is InChI=1S/C11H19N5O/c1-7(2)12-9-5-6-10(16-15-9)14-11(17)13-8(3)4/h5-8H,1-4H3,(H,12,15)(H2,13,14,16,17). The van der Waals surface area contributed by atoms with Crippen molar-refractivity contribution in [1.82, 2.24) is 15.5 Å². The fraction of sp³-hybridized carbons (Fsp3) is 0.545. The summed E-state index contributed by atoms with van der Waals surface area (Å²) in [6.07, 6.45) is 0. The third-order valence-electron chi connectivity index (χ3n) is 1.76. The zero-order valence-electron chi connectivity index (χ0n) is 10.6. The fourth-order valence-electron chi connectivity index (χ4n) is 1.19. The number of urea groups is 1. The summed E-state index contributed by atoms with van der Waals surface area (Å²) in [5.41, 5.74) is 0. The molecule has 2 amide bonds. The number of nitrogens with zero attached hydrogens (tertiary/aromatic N) is 2. The Hall–Kier alpha value is -1.85. The maximum absolute atomic E-state index is 11.4. The summed E-state index contributed by atoms with van der Waals surface area (Å²) in [5.74, 6) is 1.12. The third-order valence-corrected chi connectivity index (χ3v) is 1.76. The maximum Gasteiger partial charge on any atom is 0.320 e. The second-order valence-electron chi connectivity index (χ2n) is 4.36. The number of nitrogens with one attached hydrogen (secondary N) is 3. The van der Waals surface area contributed by atoms with Crippen LogP contribution in [0.2, 0.25) is 0 Å². The maximum atomic E-state index is 11.4. The van der Waals surface area contributed by atoms with Crippen molar-refractivity contribution in [2.45, 2.75) is 39.8 Å². The molecule has 17 heavy (non-hydrogen) atoms. The van der Waals surface area contributed by atoms with Gasteiger partial charge in [0.15, 0.2) is 5.82 Å². The van der Waals surface area contributed by atoms with E-state index in [1.165, 1.54) is 0 Å². The average Bonchev–Trinajstić information content (AvgIpc) is 2.18. The van der Waals surface area contributed by atoms with Crippen LogP contribution in [0.25, 0.3) is 0 Å². The molecule has 0 fully saturated rings. The smallest absolute Gasteiger partial charge is 0.320 e. The molecule has 0 spiro atoms. The molecule has 0 atom stereocenters. The van der Waals surface area contributed by atoms with E-state index in [0.717, 1.165) is 0 Å². The number of aromatic nitrogens is 2. The Balaban J connectivity index is 2.53. The molecule has 1 aromatic rings. The molecule has 6 nitrogen and oxygen atoms in total. The Bertz CT molecular complexity index is 361. The number of anilines is 2. The normalized spacial score (nSPS) is 10.5. The SMILES string of the molecule is CC(C)NC(=O)Nc1ccc(NC(C)C)nn1. The van der Waals surface area contributed by atoms with Gasteiger partial charge in [-0.05, 0) is 39.8 Å². The van der Waals surface area contributed by atoms with Crippen LogP contribution >= 0.6 is 0 Å². The molecule has 94 valence electrons. The highest BCUT2D eigenvalue weighted by Gasteiger charge is 2.05. The molecular formula is C11H19N5O. The predicted octanol–water partition coefficient (Wildman–Crippen LogP) is 1.83. The van der Waals surface area contributed by atoms with Gasteiger partial charge in [-0.2, -0.15) is 0 Å². The fourth-order valence-corrected chi connectivity index (χ4v) is 1.19. The van der Waals surface area contributed by atoms with Crippen LogP contribution in [0.4, 0.5) is 16.4 Å². The minimum Gasteiger partial charge on any atom is -0.366 e. The van der Waals surface area contributed by atoms with Crippen molar-refractivity contribution < 1.29 is 4.79 Å². The second kappa shape index (κ2) is 6.03. The Labute approximate surface area is 101 Å². The van der Waals surface area contributed by atoms with Gasteiger partial charge in [-0.1, -0.05) is 0 Å².